The summed E-state index contributed by atoms with van der Waals surface area (Å²) in [5.41, 5.74) is 5.39. The van der Waals surface area contributed by atoms with Gasteiger partial charge in [-0.15, -0.1) is 0 Å². The van der Waals surface area contributed by atoms with E-state index in [1.807, 2.05) is 0 Å². The molecule has 0 heterocycles. The Morgan fingerprint density at radius 3 is 1.89 bits per heavy atom. The summed E-state index contributed by atoms with van der Waals surface area (Å²) in [6.45, 7) is 8.90. The molecular weight excluding hydrogens is 267 g/mol. The highest BCUT2D eigenvalue weighted by Crippen LogP contribution is 2.48. The van der Waals surface area contributed by atoms with E-state index in [4.69, 9.17) is 20.0 Å². The molecule has 0 aliphatic heterocycles. The Balaban J connectivity index is 4.40. The lowest BCUT2D eigenvalue weighted by molar-refractivity contribution is 0.191. The van der Waals surface area contributed by atoms with E-state index in [9.17, 15) is 4.57 Å². The molecule has 0 aliphatic carbocycles. The fraction of sp³-hybridized carbons (Fsp3) is 0.917. The van der Waals surface area contributed by atoms with Crippen molar-refractivity contribution in [1.82, 2.24) is 0 Å². The van der Waals surface area contributed by atoms with Crippen molar-refractivity contribution >= 4 is 13.4 Å². The number of amidine groups is 1. The van der Waals surface area contributed by atoms with Crippen molar-refractivity contribution in [2.45, 2.75) is 40.5 Å². The standard InChI is InChI=1S/C12H27N2O4P/c1-10(2)5-7-17-19(16,9-12(13)14-15)18-8-6-11(3)4/h10-11,15H,5-9H2,1-4H3,(H2,13,14). The maximum Gasteiger partial charge on any atom is 0.338 e. The van der Waals surface area contributed by atoms with Crippen LogP contribution in [0.25, 0.3) is 0 Å². The second-order valence-electron chi connectivity index (χ2n) is 5.39. The third-order valence-electron chi connectivity index (χ3n) is 2.45. The van der Waals surface area contributed by atoms with E-state index >= 15 is 0 Å². The van der Waals surface area contributed by atoms with Gasteiger partial charge in [0.25, 0.3) is 0 Å². The van der Waals surface area contributed by atoms with Gasteiger partial charge in [0.2, 0.25) is 0 Å². The summed E-state index contributed by atoms with van der Waals surface area (Å²) in [6.07, 6.45) is 1.39. The lowest BCUT2D eigenvalue weighted by Crippen LogP contribution is -2.19. The first-order valence-corrected chi connectivity index (χ1v) is 8.36. The number of oxime groups is 1. The van der Waals surface area contributed by atoms with Crippen LogP contribution in [0.3, 0.4) is 0 Å². The fourth-order valence-electron chi connectivity index (χ4n) is 1.21. The van der Waals surface area contributed by atoms with Gasteiger partial charge in [-0.2, -0.15) is 0 Å². The predicted molar refractivity (Wildman–Crippen MR) is 76.7 cm³/mol. The van der Waals surface area contributed by atoms with Gasteiger partial charge in [-0.25, -0.2) is 0 Å². The lowest BCUT2D eigenvalue weighted by atomic mass is 10.2. The summed E-state index contributed by atoms with van der Waals surface area (Å²) in [5.74, 6) is 0.762. The zero-order valence-electron chi connectivity index (χ0n) is 12.3. The molecule has 7 heteroatoms. The van der Waals surface area contributed by atoms with Crippen LogP contribution in [0.5, 0.6) is 0 Å². The third-order valence-corrected chi connectivity index (χ3v) is 4.31. The fourth-order valence-corrected chi connectivity index (χ4v) is 2.70. The highest BCUT2D eigenvalue weighted by Gasteiger charge is 2.26. The SMILES string of the molecule is CC(C)CCOP(=O)(CC(N)=NO)OCCC(C)C. The van der Waals surface area contributed by atoms with Crippen LogP contribution in [0.15, 0.2) is 5.16 Å². The quantitative estimate of drug-likeness (QED) is 0.212. The van der Waals surface area contributed by atoms with E-state index in [0.29, 0.717) is 25.0 Å². The second kappa shape index (κ2) is 9.34. The highest BCUT2D eigenvalue weighted by atomic mass is 31.2. The molecule has 0 amide bonds. The molecule has 0 unspecified atom stereocenters. The van der Waals surface area contributed by atoms with Crippen LogP contribution < -0.4 is 5.73 Å². The first-order valence-electron chi connectivity index (χ1n) is 6.63. The van der Waals surface area contributed by atoms with Crippen LogP contribution in [0.2, 0.25) is 0 Å². The van der Waals surface area contributed by atoms with Gasteiger partial charge in [-0.1, -0.05) is 32.9 Å². The molecule has 19 heavy (non-hydrogen) atoms. The summed E-state index contributed by atoms with van der Waals surface area (Å²) >= 11 is 0. The molecule has 3 N–H and O–H groups in total. The smallest absolute Gasteiger partial charge is 0.338 e. The average Bonchev–Trinajstić information content (AvgIpc) is 2.27. The van der Waals surface area contributed by atoms with Crippen molar-refractivity contribution in [1.29, 1.82) is 0 Å². The minimum atomic E-state index is -3.32. The Bertz CT molecular complexity index is 301. The van der Waals surface area contributed by atoms with E-state index in [1.165, 1.54) is 0 Å². The predicted octanol–water partition coefficient (Wildman–Crippen LogP) is 3.05. The molecular formula is C12H27N2O4P. The molecule has 0 aromatic carbocycles. The van der Waals surface area contributed by atoms with E-state index in [1.54, 1.807) is 0 Å². The molecule has 6 nitrogen and oxygen atoms in total. The molecule has 0 saturated heterocycles. The summed E-state index contributed by atoms with van der Waals surface area (Å²) in [7, 11) is -3.32. The summed E-state index contributed by atoms with van der Waals surface area (Å²) in [5, 5.41) is 11.4. The molecule has 0 rings (SSSR count). The van der Waals surface area contributed by atoms with Crippen molar-refractivity contribution in [2.75, 3.05) is 19.4 Å². The Kier molecular flexibility index (Phi) is 9.06. The Hall–Kier alpha value is -0.580. The number of nitrogens with two attached hydrogens (primary N) is 1. The van der Waals surface area contributed by atoms with Crippen molar-refractivity contribution < 1.29 is 18.8 Å². The third kappa shape index (κ3) is 9.93. The minimum Gasteiger partial charge on any atom is -0.409 e. The van der Waals surface area contributed by atoms with Crippen molar-refractivity contribution in [3.8, 4) is 0 Å². The number of nitrogens with zero attached hydrogens (tertiary/aromatic N) is 1. The van der Waals surface area contributed by atoms with Crippen molar-refractivity contribution in [3.05, 3.63) is 0 Å². The largest absolute Gasteiger partial charge is 0.409 e. The second-order valence-corrected chi connectivity index (χ2v) is 7.45. The molecule has 0 radical (unpaired) electrons. The molecule has 0 aromatic rings. The summed E-state index contributed by atoms with van der Waals surface area (Å²) < 4.78 is 23.1. The normalized spacial score (nSPS) is 13.5. The molecule has 114 valence electrons. The number of hydrogen-bond donors (Lipinski definition) is 2. The molecule has 0 aromatic heterocycles. The van der Waals surface area contributed by atoms with Crippen LogP contribution in [0.4, 0.5) is 0 Å². The Morgan fingerprint density at radius 1 is 1.16 bits per heavy atom. The average molecular weight is 294 g/mol. The number of hydrogen-bond acceptors (Lipinski definition) is 5. The summed E-state index contributed by atoms with van der Waals surface area (Å²) in [4.78, 5) is 0. The highest BCUT2D eigenvalue weighted by molar-refractivity contribution is 7.54. The van der Waals surface area contributed by atoms with E-state index in [0.717, 1.165) is 12.8 Å². The zero-order valence-corrected chi connectivity index (χ0v) is 13.2. The molecule has 0 spiro atoms. The first-order chi connectivity index (χ1) is 8.79. The van der Waals surface area contributed by atoms with E-state index < -0.39 is 7.60 Å². The zero-order chi connectivity index (χ0) is 14.9. The maximum atomic E-state index is 12.4. The molecule has 0 fully saturated rings. The van der Waals surface area contributed by atoms with Crippen LogP contribution in [0.1, 0.15) is 40.5 Å². The van der Waals surface area contributed by atoms with Crippen molar-refractivity contribution in [2.24, 2.45) is 22.7 Å². The van der Waals surface area contributed by atoms with Gasteiger partial charge in [-0.05, 0) is 24.7 Å². The van der Waals surface area contributed by atoms with Gasteiger partial charge in [0, 0.05) is 0 Å². The van der Waals surface area contributed by atoms with Gasteiger partial charge < -0.3 is 20.0 Å². The van der Waals surface area contributed by atoms with Gasteiger partial charge in [0.15, 0.2) is 5.84 Å². The maximum absolute atomic E-state index is 12.4. The van der Waals surface area contributed by atoms with Gasteiger partial charge in [-0.3, -0.25) is 4.57 Å². The van der Waals surface area contributed by atoms with E-state index in [-0.39, 0.29) is 12.0 Å². The minimum absolute atomic E-state index is 0.141. The lowest BCUT2D eigenvalue weighted by Gasteiger charge is -2.19. The Morgan fingerprint density at radius 2 is 1.58 bits per heavy atom. The molecule has 0 bridgehead atoms. The van der Waals surface area contributed by atoms with Crippen molar-refractivity contribution in [3.63, 3.8) is 0 Å². The topological polar surface area (TPSA) is 94.1 Å². The van der Waals surface area contributed by atoms with E-state index in [2.05, 4.69) is 32.9 Å². The van der Waals surface area contributed by atoms with Gasteiger partial charge >= 0.3 is 7.60 Å². The van der Waals surface area contributed by atoms with Crippen LogP contribution >= 0.6 is 7.60 Å². The van der Waals surface area contributed by atoms with Crippen LogP contribution in [-0.2, 0) is 13.6 Å². The molecule has 0 atom stereocenters. The molecule has 0 aliphatic rings. The van der Waals surface area contributed by atoms with Crippen LogP contribution in [-0.4, -0.2) is 30.4 Å². The summed E-state index contributed by atoms with van der Waals surface area (Å²) in [6, 6.07) is 0. The first kappa shape index (κ1) is 18.4. The Labute approximate surface area is 115 Å². The van der Waals surface area contributed by atoms with Crippen LogP contribution in [0, 0.1) is 11.8 Å². The monoisotopic (exact) mass is 294 g/mol. The molecule has 0 saturated carbocycles. The number of rotatable bonds is 10. The van der Waals surface area contributed by atoms with Gasteiger partial charge in [0.05, 0.1) is 13.2 Å². The van der Waals surface area contributed by atoms with Gasteiger partial charge in [0.1, 0.15) is 6.16 Å².